The summed E-state index contributed by atoms with van der Waals surface area (Å²) in [6, 6.07) is 4.48. The monoisotopic (exact) mass is 487 g/mol. The normalized spacial score (nSPS) is 18.8. The average molecular weight is 488 g/mol. The number of piperazine rings is 1. The molecule has 2 aliphatic rings. The Labute approximate surface area is 205 Å². The first-order valence-corrected chi connectivity index (χ1v) is 12.0. The number of amides is 4. The van der Waals surface area contributed by atoms with Gasteiger partial charge < -0.3 is 20.3 Å². The number of carbonyl (C=O) groups is 3. The highest BCUT2D eigenvalue weighted by Crippen LogP contribution is 2.32. The van der Waals surface area contributed by atoms with E-state index in [4.69, 9.17) is 4.74 Å². The van der Waals surface area contributed by atoms with E-state index in [2.05, 4.69) is 22.1 Å². The Balaban J connectivity index is 1.92. The molecule has 10 heteroatoms. The van der Waals surface area contributed by atoms with Crippen LogP contribution in [-0.4, -0.2) is 85.2 Å². The van der Waals surface area contributed by atoms with E-state index >= 15 is 0 Å². The Hall–Kier alpha value is -3.40. The fourth-order valence-corrected chi connectivity index (χ4v) is 4.25. The van der Waals surface area contributed by atoms with Gasteiger partial charge in [0.15, 0.2) is 0 Å². The molecule has 1 saturated heterocycles. The van der Waals surface area contributed by atoms with Gasteiger partial charge in [-0.2, -0.15) is 0 Å². The molecule has 1 atom stereocenters. The molecule has 3 rings (SSSR count). The Kier molecular flexibility index (Phi) is 9.25. The van der Waals surface area contributed by atoms with Crippen molar-refractivity contribution in [2.24, 2.45) is 0 Å². The van der Waals surface area contributed by atoms with Gasteiger partial charge in [0.05, 0.1) is 18.2 Å². The molecule has 2 heterocycles. The Bertz CT molecular complexity index is 974. The van der Waals surface area contributed by atoms with Crippen molar-refractivity contribution in [3.05, 3.63) is 59.6 Å². The Morgan fingerprint density at radius 2 is 2.00 bits per heavy atom. The summed E-state index contributed by atoms with van der Waals surface area (Å²) in [6.45, 7) is 10.9. The number of hydrogen-bond acceptors (Lipinski definition) is 5. The van der Waals surface area contributed by atoms with E-state index < -0.39 is 23.9 Å². The lowest BCUT2D eigenvalue weighted by Crippen LogP contribution is -2.55. The van der Waals surface area contributed by atoms with Crippen LogP contribution in [0, 0.1) is 5.82 Å². The SMILES string of the molecule is C=CCN1C(=O)NC(c2cccc(F)c2)C(C(=O)OCC)=C1CN1CCN(C(=O)NCCC)CC1. The van der Waals surface area contributed by atoms with Gasteiger partial charge in [0.1, 0.15) is 5.82 Å². The van der Waals surface area contributed by atoms with Crippen LogP contribution in [0.15, 0.2) is 48.2 Å². The Morgan fingerprint density at radius 1 is 1.26 bits per heavy atom. The molecule has 190 valence electrons. The van der Waals surface area contributed by atoms with E-state index in [1.807, 2.05) is 6.92 Å². The standard InChI is InChI=1S/C25H34FN5O4/c1-4-10-27-24(33)30-14-12-29(13-15-30)17-20-21(23(32)35-6-3)22(18-8-7-9-19(26)16-18)28-25(34)31(20)11-5-2/h5,7-9,16,22H,2,4,6,10-15,17H2,1,3H3,(H,27,33)(H,28,34). The van der Waals surface area contributed by atoms with Gasteiger partial charge in [0.25, 0.3) is 0 Å². The minimum atomic E-state index is -0.852. The number of halogens is 1. The van der Waals surface area contributed by atoms with Crippen molar-refractivity contribution < 1.29 is 23.5 Å². The van der Waals surface area contributed by atoms with Gasteiger partial charge in [-0.1, -0.05) is 25.1 Å². The quantitative estimate of drug-likeness (QED) is 0.413. The largest absolute Gasteiger partial charge is 0.463 e. The van der Waals surface area contributed by atoms with Crippen LogP contribution < -0.4 is 10.6 Å². The van der Waals surface area contributed by atoms with E-state index in [1.165, 1.54) is 23.1 Å². The minimum absolute atomic E-state index is 0.0885. The lowest BCUT2D eigenvalue weighted by molar-refractivity contribution is -0.139. The first-order chi connectivity index (χ1) is 16.9. The average Bonchev–Trinajstić information content (AvgIpc) is 2.85. The maximum atomic E-state index is 14.0. The summed E-state index contributed by atoms with van der Waals surface area (Å²) in [7, 11) is 0. The van der Waals surface area contributed by atoms with Crippen molar-refractivity contribution in [2.45, 2.75) is 26.3 Å². The minimum Gasteiger partial charge on any atom is -0.463 e. The van der Waals surface area contributed by atoms with Crippen LogP contribution in [0.25, 0.3) is 0 Å². The summed E-state index contributed by atoms with van der Waals surface area (Å²) in [5.74, 6) is -1.03. The van der Waals surface area contributed by atoms with Crippen molar-refractivity contribution in [1.82, 2.24) is 25.3 Å². The summed E-state index contributed by atoms with van der Waals surface area (Å²) in [5.41, 5.74) is 1.21. The van der Waals surface area contributed by atoms with Gasteiger partial charge in [-0.25, -0.2) is 18.8 Å². The summed E-state index contributed by atoms with van der Waals surface area (Å²) in [5, 5.41) is 5.71. The van der Waals surface area contributed by atoms with Gasteiger partial charge in [-0.3, -0.25) is 9.80 Å². The summed E-state index contributed by atoms with van der Waals surface area (Å²) >= 11 is 0. The summed E-state index contributed by atoms with van der Waals surface area (Å²) < 4.78 is 19.4. The highest BCUT2D eigenvalue weighted by atomic mass is 19.1. The van der Waals surface area contributed by atoms with Crippen LogP contribution in [0.4, 0.5) is 14.0 Å². The number of carbonyl (C=O) groups excluding carboxylic acids is 3. The van der Waals surface area contributed by atoms with E-state index in [0.717, 1.165) is 6.42 Å². The molecule has 0 aliphatic carbocycles. The Morgan fingerprint density at radius 3 is 2.63 bits per heavy atom. The van der Waals surface area contributed by atoms with E-state index in [9.17, 15) is 18.8 Å². The summed E-state index contributed by atoms with van der Waals surface area (Å²) in [6.07, 6.45) is 2.45. The molecule has 1 unspecified atom stereocenters. The fraction of sp³-hybridized carbons (Fsp3) is 0.480. The van der Waals surface area contributed by atoms with Crippen LogP contribution in [-0.2, 0) is 9.53 Å². The first kappa shape index (κ1) is 26.2. The highest BCUT2D eigenvalue weighted by molar-refractivity contribution is 5.95. The molecule has 2 N–H and O–H groups in total. The third kappa shape index (κ3) is 6.39. The number of ether oxygens (including phenoxy) is 1. The number of rotatable bonds is 9. The van der Waals surface area contributed by atoms with Gasteiger partial charge in [-0.15, -0.1) is 6.58 Å². The zero-order valence-electron chi connectivity index (χ0n) is 20.4. The number of urea groups is 2. The second-order valence-corrected chi connectivity index (χ2v) is 8.41. The van der Waals surface area contributed by atoms with Gasteiger partial charge >= 0.3 is 18.0 Å². The van der Waals surface area contributed by atoms with E-state index in [-0.39, 0.29) is 24.8 Å². The topological polar surface area (TPSA) is 94.2 Å². The molecule has 9 nitrogen and oxygen atoms in total. The highest BCUT2D eigenvalue weighted by Gasteiger charge is 2.39. The molecule has 1 aromatic rings. The molecule has 1 fully saturated rings. The van der Waals surface area contributed by atoms with E-state index in [0.29, 0.717) is 50.5 Å². The number of nitrogens with one attached hydrogen (secondary N) is 2. The van der Waals surface area contributed by atoms with E-state index in [1.54, 1.807) is 24.0 Å². The molecular weight excluding hydrogens is 453 g/mol. The lowest BCUT2D eigenvalue weighted by Gasteiger charge is -2.40. The molecule has 0 saturated carbocycles. The molecule has 0 spiro atoms. The van der Waals surface area contributed by atoms with Crippen molar-refractivity contribution in [1.29, 1.82) is 0 Å². The van der Waals surface area contributed by atoms with Gasteiger partial charge in [0, 0.05) is 51.5 Å². The van der Waals surface area contributed by atoms with Crippen LogP contribution >= 0.6 is 0 Å². The van der Waals surface area contributed by atoms with Crippen LogP contribution in [0.1, 0.15) is 31.9 Å². The second kappa shape index (κ2) is 12.3. The van der Waals surface area contributed by atoms with Crippen LogP contribution in [0.2, 0.25) is 0 Å². The smallest absolute Gasteiger partial charge is 0.338 e. The third-order valence-corrected chi connectivity index (χ3v) is 5.99. The number of nitrogens with zero attached hydrogens (tertiary/aromatic N) is 3. The van der Waals surface area contributed by atoms with Crippen molar-refractivity contribution in [3.8, 4) is 0 Å². The van der Waals surface area contributed by atoms with Crippen molar-refractivity contribution in [2.75, 3.05) is 52.4 Å². The predicted octanol–water partition coefficient (Wildman–Crippen LogP) is 2.63. The van der Waals surface area contributed by atoms with Crippen LogP contribution in [0.5, 0.6) is 0 Å². The zero-order valence-corrected chi connectivity index (χ0v) is 20.4. The number of hydrogen-bond donors (Lipinski definition) is 2. The first-order valence-electron chi connectivity index (χ1n) is 12.0. The summed E-state index contributed by atoms with van der Waals surface area (Å²) in [4.78, 5) is 43.9. The molecular formula is C25H34FN5O4. The van der Waals surface area contributed by atoms with Crippen molar-refractivity contribution in [3.63, 3.8) is 0 Å². The molecule has 1 aromatic carbocycles. The molecule has 35 heavy (non-hydrogen) atoms. The van der Waals surface area contributed by atoms with Gasteiger partial charge in [-0.05, 0) is 31.0 Å². The zero-order chi connectivity index (χ0) is 25.4. The molecule has 0 radical (unpaired) electrons. The fourth-order valence-electron chi connectivity index (χ4n) is 4.25. The molecule has 0 bridgehead atoms. The predicted molar refractivity (Wildman–Crippen MR) is 130 cm³/mol. The van der Waals surface area contributed by atoms with Crippen LogP contribution in [0.3, 0.4) is 0 Å². The third-order valence-electron chi connectivity index (χ3n) is 5.99. The van der Waals surface area contributed by atoms with Gasteiger partial charge in [0.2, 0.25) is 0 Å². The maximum absolute atomic E-state index is 14.0. The number of esters is 1. The number of benzene rings is 1. The maximum Gasteiger partial charge on any atom is 0.338 e. The molecule has 2 aliphatic heterocycles. The second-order valence-electron chi connectivity index (χ2n) is 8.41. The van der Waals surface area contributed by atoms with Crippen molar-refractivity contribution >= 4 is 18.0 Å². The molecule has 4 amide bonds. The lowest BCUT2D eigenvalue weighted by atomic mass is 9.94. The molecule has 0 aromatic heterocycles.